The van der Waals surface area contributed by atoms with Crippen LogP contribution in [0.1, 0.15) is 25.8 Å². The highest BCUT2D eigenvalue weighted by Crippen LogP contribution is 2.29. The molecule has 1 amide bonds. The Kier molecular flexibility index (Phi) is 8.55. The van der Waals surface area contributed by atoms with E-state index in [9.17, 15) is 17.6 Å². The Hall–Kier alpha value is -2.49. The normalized spacial score (nSPS) is 12.6. The summed E-state index contributed by atoms with van der Waals surface area (Å²) in [5.74, 6) is -0.799. The highest BCUT2D eigenvalue weighted by molar-refractivity contribution is 7.89. The molecular formula is C22H30FN3O4S. The lowest BCUT2D eigenvalue weighted by molar-refractivity contribution is -0.119. The van der Waals surface area contributed by atoms with Crippen molar-refractivity contribution in [3.8, 4) is 0 Å². The first-order valence-electron chi connectivity index (χ1n) is 9.96. The van der Waals surface area contributed by atoms with E-state index in [1.807, 2.05) is 38.9 Å². The summed E-state index contributed by atoms with van der Waals surface area (Å²) < 4.78 is 46.3. The van der Waals surface area contributed by atoms with Gasteiger partial charge in [0, 0.05) is 45.2 Å². The van der Waals surface area contributed by atoms with Crippen molar-refractivity contribution >= 4 is 27.3 Å². The molecule has 1 N–H and O–H groups in total. The van der Waals surface area contributed by atoms with E-state index in [1.165, 1.54) is 23.5 Å². The number of nitrogens with zero attached hydrogens (tertiary/aromatic N) is 2. The van der Waals surface area contributed by atoms with E-state index < -0.39 is 15.8 Å². The van der Waals surface area contributed by atoms with Gasteiger partial charge in [0.1, 0.15) is 12.4 Å². The van der Waals surface area contributed by atoms with Gasteiger partial charge >= 0.3 is 0 Å². The van der Waals surface area contributed by atoms with Gasteiger partial charge in [-0.15, -0.1) is 0 Å². The molecule has 0 aliphatic heterocycles. The number of ether oxygens (including phenoxy) is 1. The number of benzene rings is 2. The number of rotatable bonds is 10. The maximum atomic E-state index is 13.4. The Labute approximate surface area is 183 Å². The van der Waals surface area contributed by atoms with Gasteiger partial charge in [0.25, 0.3) is 0 Å². The second-order valence-electron chi connectivity index (χ2n) is 7.48. The predicted molar refractivity (Wildman–Crippen MR) is 120 cm³/mol. The van der Waals surface area contributed by atoms with Crippen molar-refractivity contribution in [2.75, 3.05) is 38.0 Å². The maximum absolute atomic E-state index is 13.4. The predicted octanol–water partition coefficient (Wildman–Crippen LogP) is 3.47. The molecule has 170 valence electrons. The maximum Gasteiger partial charge on any atom is 0.250 e. The molecule has 0 radical (unpaired) electrons. The molecule has 0 aliphatic rings. The number of anilines is 2. The van der Waals surface area contributed by atoms with Crippen molar-refractivity contribution < 1.29 is 22.3 Å². The second-order valence-corrected chi connectivity index (χ2v) is 9.37. The fraction of sp³-hybridized carbons (Fsp3) is 0.409. The Bertz CT molecular complexity index is 994. The zero-order valence-corrected chi connectivity index (χ0v) is 19.4. The molecule has 9 heteroatoms. The number of halogens is 1. The summed E-state index contributed by atoms with van der Waals surface area (Å²) in [6.07, 6.45) is 0.599. The Morgan fingerprint density at radius 1 is 1.16 bits per heavy atom. The molecule has 0 bridgehead atoms. The van der Waals surface area contributed by atoms with Crippen molar-refractivity contribution in [1.29, 1.82) is 0 Å². The lowest BCUT2D eigenvalue weighted by atomic mass is 10.1. The average molecular weight is 452 g/mol. The minimum absolute atomic E-state index is 0.0326. The summed E-state index contributed by atoms with van der Waals surface area (Å²) in [6.45, 7) is 3.76. The summed E-state index contributed by atoms with van der Waals surface area (Å²) in [4.78, 5) is 13.8. The number of sulfonamides is 1. The second kappa shape index (κ2) is 10.7. The van der Waals surface area contributed by atoms with Crippen LogP contribution in [0.3, 0.4) is 0 Å². The molecular weight excluding hydrogens is 421 g/mol. The SMILES string of the molecule is CCC(C)N(Cc1cc(NC(=O)COC)ccc1N(C)C)S(=O)(=O)c1ccc(F)cc1. The van der Waals surface area contributed by atoms with Crippen LogP contribution < -0.4 is 10.2 Å². The van der Waals surface area contributed by atoms with Crippen LogP contribution in [0, 0.1) is 5.82 Å². The molecule has 31 heavy (non-hydrogen) atoms. The minimum Gasteiger partial charge on any atom is -0.377 e. The van der Waals surface area contributed by atoms with Gasteiger partial charge in [-0.3, -0.25) is 4.79 Å². The first kappa shape index (κ1) is 24.8. The minimum atomic E-state index is -3.87. The number of carbonyl (C=O) groups excluding carboxylic acids is 1. The summed E-state index contributed by atoms with van der Waals surface area (Å²) in [6, 6.07) is 9.88. The van der Waals surface area contributed by atoms with Gasteiger partial charge in [-0.1, -0.05) is 6.92 Å². The summed E-state index contributed by atoms with van der Waals surface area (Å²) >= 11 is 0. The Morgan fingerprint density at radius 2 is 1.81 bits per heavy atom. The van der Waals surface area contributed by atoms with Gasteiger partial charge in [-0.25, -0.2) is 12.8 Å². The van der Waals surface area contributed by atoms with Gasteiger partial charge < -0.3 is 15.0 Å². The topological polar surface area (TPSA) is 79.0 Å². The average Bonchev–Trinajstić information content (AvgIpc) is 2.71. The van der Waals surface area contributed by atoms with Gasteiger partial charge in [0.2, 0.25) is 15.9 Å². The van der Waals surface area contributed by atoms with Gasteiger partial charge in [0.15, 0.2) is 0 Å². The third-order valence-electron chi connectivity index (χ3n) is 4.95. The van der Waals surface area contributed by atoms with Crippen molar-refractivity contribution in [3.63, 3.8) is 0 Å². The van der Waals surface area contributed by atoms with Crippen molar-refractivity contribution in [3.05, 3.63) is 53.8 Å². The summed E-state index contributed by atoms with van der Waals surface area (Å²) in [7, 11) is 1.29. The summed E-state index contributed by atoms with van der Waals surface area (Å²) in [5.41, 5.74) is 2.10. The molecule has 2 aromatic carbocycles. The Morgan fingerprint density at radius 3 is 2.35 bits per heavy atom. The van der Waals surface area contributed by atoms with E-state index in [0.29, 0.717) is 12.1 Å². The van der Waals surface area contributed by atoms with E-state index in [2.05, 4.69) is 5.32 Å². The first-order valence-corrected chi connectivity index (χ1v) is 11.4. The zero-order valence-electron chi connectivity index (χ0n) is 18.6. The molecule has 2 rings (SSSR count). The monoisotopic (exact) mass is 451 g/mol. The molecule has 0 fully saturated rings. The van der Waals surface area contributed by atoms with Crippen LogP contribution in [0.5, 0.6) is 0 Å². The smallest absolute Gasteiger partial charge is 0.250 e. The van der Waals surface area contributed by atoms with E-state index in [1.54, 1.807) is 12.1 Å². The van der Waals surface area contributed by atoms with Crippen LogP contribution in [0.25, 0.3) is 0 Å². The van der Waals surface area contributed by atoms with Crippen LogP contribution >= 0.6 is 0 Å². The third kappa shape index (κ3) is 6.25. The number of carbonyl (C=O) groups is 1. The van der Waals surface area contributed by atoms with Crippen LogP contribution in [0.4, 0.5) is 15.8 Å². The highest BCUT2D eigenvalue weighted by Gasteiger charge is 2.29. The van der Waals surface area contributed by atoms with Crippen LogP contribution in [-0.2, 0) is 26.1 Å². The lowest BCUT2D eigenvalue weighted by Crippen LogP contribution is -2.38. The molecule has 0 heterocycles. The van der Waals surface area contributed by atoms with Crippen LogP contribution in [0.15, 0.2) is 47.4 Å². The molecule has 1 atom stereocenters. The van der Waals surface area contributed by atoms with Crippen molar-refractivity contribution in [1.82, 2.24) is 4.31 Å². The van der Waals surface area contributed by atoms with Crippen LogP contribution in [0.2, 0.25) is 0 Å². The standard InChI is InChI=1S/C22H30FN3O4S/c1-6-16(2)26(31(28,29)20-10-7-18(23)8-11-20)14-17-13-19(24-22(27)15-30-5)9-12-21(17)25(3)4/h7-13,16H,6,14-15H2,1-5H3,(H,24,27). The number of methoxy groups -OCH3 is 1. The molecule has 0 aromatic heterocycles. The number of nitrogens with one attached hydrogen (secondary N) is 1. The zero-order chi connectivity index (χ0) is 23.2. The fourth-order valence-electron chi connectivity index (χ4n) is 3.15. The first-order chi connectivity index (χ1) is 14.6. The lowest BCUT2D eigenvalue weighted by Gasteiger charge is -2.30. The van der Waals surface area contributed by atoms with Gasteiger partial charge in [0.05, 0.1) is 4.90 Å². The molecule has 0 saturated heterocycles. The molecule has 0 aliphatic carbocycles. The number of hydrogen-bond donors (Lipinski definition) is 1. The van der Waals surface area contributed by atoms with Crippen molar-refractivity contribution in [2.24, 2.45) is 0 Å². The Balaban J connectivity index is 2.47. The summed E-state index contributed by atoms with van der Waals surface area (Å²) in [5, 5.41) is 2.75. The largest absolute Gasteiger partial charge is 0.377 e. The molecule has 0 saturated carbocycles. The van der Waals surface area contributed by atoms with E-state index in [-0.39, 0.29) is 30.0 Å². The molecule has 0 spiro atoms. The number of hydrogen-bond acceptors (Lipinski definition) is 5. The van der Waals surface area contributed by atoms with Gasteiger partial charge in [-0.2, -0.15) is 4.31 Å². The quantitative estimate of drug-likeness (QED) is 0.599. The number of amides is 1. The molecule has 1 unspecified atom stereocenters. The van der Waals surface area contributed by atoms with E-state index in [4.69, 9.17) is 4.74 Å². The van der Waals surface area contributed by atoms with E-state index in [0.717, 1.165) is 23.4 Å². The molecule has 2 aromatic rings. The van der Waals surface area contributed by atoms with Gasteiger partial charge in [-0.05, 0) is 61.4 Å². The van der Waals surface area contributed by atoms with E-state index >= 15 is 0 Å². The van der Waals surface area contributed by atoms with Crippen molar-refractivity contribution in [2.45, 2.75) is 37.8 Å². The third-order valence-corrected chi connectivity index (χ3v) is 6.92. The fourth-order valence-corrected chi connectivity index (χ4v) is 4.83. The highest BCUT2D eigenvalue weighted by atomic mass is 32.2. The molecule has 7 nitrogen and oxygen atoms in total. The van der Waals surface area contributed by atoms with Crippen LogP contribution in [-0.4, -0.2) is 52.5 Å².